The molecule has 0 spiro atoms. The van der Waals surface area contributed by atoms with Crippen molar-refractivity contribution in [2.75, 3.05) is 18.0 Å². The summed E-state index contributed by atoms with van der Waals surface area (Å²) in [6.45, 7) is 8.37. The molecule has 6 nitrogen and oxygen atoms in total. The van der Waals surface area contributed by atoms with Gasteiger partial charge >= 0.3 is 0 Å². The van der Waals surface area contributed by atoms with E-state index in [2.05, 4.69) is 40.9 Å². The lowest BCUT2D eigenvalue weighted by Crippen LogP contribution is -2.33. The molecule has 4 rings (SSSR count). The summed E-state index contributed by atoms with van der Waals surface area (Å²) in [7, 11) is 0. The highest BCUT2D eigenvalue weighted by Crippen LogP contribution is 2.32. The zero-order valence-corrected chi connectivity index (χ0v) is 16.1. The smallest absolute Gasteiger partial charge is 0.177 e. The molecule has 1 aliphatic rings. The molecule has 0 radical (unpaired) electrons. The van der Waals surface area contributed by atoms with Crippen LogP contribution in [0.2, 0.25) is 5.02 Å². The lowest BCUT2D eigenvalue weighted by Gasteiger charge is -2.33. The van der Waals surface area contributed by atoms with Crippen molar-refractivity contribution in [3.05, 3.63) is 47.1 Å². The Kier molecular flexibility index (Phi) is 4.31. The molecule has 0 bridgehead atoms. The first-order chi connectivity index (χ1) is 12.4. The number of pyridine rings is 1. The van der Waals surface area contributed by atoms with Crippen molar-refractivity contribution in [2.24, 2.45) is 0 Å². The molecule has 1 aliphatic heterocycles. The van der Waals surface area contributed by atoms with Gasteiger partial charge in [0.1, 0.15) is 0 Å². The van der Waals surface area contributed by atoms with E-state index in [-0.39, 0.29) is 5.41 Å². The minimum Gasteiger partial charge on any atom is -0.370 e. The summed E-state index contributed by atoms with van der Waals surface area (Å²) < 4.78 is 1.93. The molecule has 0 amide bonds. The van der Waals surface area contributed by atoms with E-state index in [0.29, 0.717) is 10.9 Å². The molecule has 7 heteroatoms. The molecule has 26 heavy (non-hydrogen) atoms. The fourth-order valence-electron chi connectivity index (χ4n) is 3.46. The monoisotopic (exact) mass is 370 g/mol. The van der Waals surface area contributed by atoms with Crippen LogP contribution in [0.1, 0.15) is 51.0 Å². The predicted octanol–water partition coefficient (Wildman–Crippen LogP) is 3.85. The molecular formula is C19H23ClN6. The van der Waals surface area contributed by atoms with Gasteiger partial charge in [0.15, 0.2) is 11.5 Å². The van der Waals surface area contributed by atoms with Gasteiger partial charge in [-0.1, -0.05) is 32.4 Å². The van der Waals surface area contributed by atoms with Crippen LogP contribution < -0.4 is 4.90 Å². The van der Waals surface area contributed by atoms with Crippen molar-refractivity contribution >= 4 is 22.9 Å². The number of nitrogens with zero attached hydrogens (tertiary/aromatic N) is 6. The largest absolute Gasteiger partial charge is 0.370 e. The first-order valence-corrected chi connectivity index (χ1v) is 9.38. The maximum absolute atomic E-state index is 6.29. The summed E-state index contributed by atoms with van der Waals surface area (Å²) in [4.78, 5) is 6.39. The molecule has 0 N–H and O–H groups in total. The molecular weight excluding hydrogens is 348 g/mol. The van der Waals surface area contributed by atoms with Crippen molar-refractivity contribution in [3.8, 4) is 0 Å². The molecule has 0 atom stereocenters. The SMILES string of the molecule is CC(C)(C)c1ccc2nnc(C3CCN(c4ccncc4Cl)CC3)n2n1. The fourth-order valence-corrected chi connectivity index (χ4v) is 3.70. The number of anilines is 1. The third-order valence-electron chi connectivity index (χ3n) is 5.01. The van der Waals surface area contributed by atoms with Crippen LogP contribution in [0.25, 0.3) is 5.65 Å². The van der Waals surface area contributed by atoms with Crippen LogP contribution in [-0.2, 0) is 5.41 Å². The fraction of sp³-hybridized carbons (Fsp3) is 0.474. The summed E-state index contributed by atoms with van der Waals surface area (Å²) in [5, 5.41) is 14.3. The number of hydrogen-bond donors (Lipinski definition) is 0. The Labute approximate surface area is 158 Å². The molecule has 0 aliphatic carbocycles. The number of rotatable bonds is 2. The number of piperidine rings is 1. The quantitative estimate of drug-likeness (QED) is 0.685. The zero-order valence-electron chi connectivity index (χ0n) is 15.4. The van der Waals surface area contributed by atoms with Crippen LogP contribution in [0, 0.1) is 0 Å². The van der Waals surface area contributed by atoms with Crippen molar-refractivity contribution in [1.29, 1.82) is 0 Å². The van der Waals surface area contributed by atoms with Gasteiger partial charge in [0.25, 0.3) is 0 Å². The second kappa shape index (κ2) is 6.50. The molecule has 3 aromatic heterocycles. The minimum atomic E-state index is -0.00279. The second-order valence-electron chi connectivity index (χ2n) is 7.89. The van der Waals surface area contributed by atoms with Crippen molar-refractivity contribution in [1.82, 2.24) is 24.8 Å². The van der Waals surface area contributed by atoms with Crippen LogP contribution in [0.3, 0.4) is 0 Å². The second-order valence-corrected chi connectivity index (χ2v) is 8.29. The molecule has 0 unspecified atom stereocenters. The van der Waals surface area contributed by atoms with Crippen molar-refractivity contribution in [2.45, 2.75) is 44.9 Å². The lowest BCUT2D eigenvalue weighted by molar-refractivity contribution is 0.472. The molecule has 4 heterocycles. The van der Waals surface area contributed by atoms with Crippen LogP contribution >= 0.6 is 11.6 Å². The van der Waals surface area contributed by atoms with Crippen LogP contribution in [0.5, 0.6) is 0 Å². The predicted molar refractivity (Wildman–Crippen MR) is 103 cm³/mol. The summed E-state index contributed by atoms with van der Waals surface area (Å²) in [5.41, 5.74) is 2.91. The van der Waals surface area contributed by atoms with E-state index in [1.165, 1.54) is 0 Å². The van der Waals surface area contributed by atoms with Gasteiger partial charge in [-0.25, -0.2) is 0 Å². The van der Waals surface area contributed by atoms with E-state index in [9.17, 15) is 0 Å². The Morgan fingerprint density at radius 2 is 1.85 bits per heavy atom. The van der Waals surface area contributed by atoms with E-state index < -0.39 is 0 Å². The third-order valence-corrected chi connectivity index (χ3v) is 5.30. The van der Waals surface area contributed by atoms with Crippen LogP contribution in [0.4, 0.5) is 5.69 Å². The topological polar surface area (TPSA) is 59.2 Å². The average molecular weight is 371 g/mol. The van der Waals surface area contributed by atoms with Gasteiger partial charge < -0.3 is 4.90 Å². The van der Waals surface area contributed by atoms with Crippen LogP contribution in [0.15, 0.2) is 30.6 Å². The zero-order chi connectivity index (χ0) is 18.3. The van der Waals surface area contributed by atoms with E-state index >= 15 is 0 Å². The first kappa shape index (κ1) is 17.2. The van der Waals surface area contributed by atoms with Gasteiger partial charge in [-0.15, -0.1) is 10.2 Å². The van der Waals surface area contributed by atoms with Gasteiger partial charge in [-0.2, -0.15) is 9.61 Å². The lowest BCUT2D eigenvalue weighted by atomic mass is 9.92. The molecule has 0 saturated carbocycles. The number of fused-ring (bicyclic) bond motifs is 1. The van der Waals surface area contributed by atoms with E-state index in [1.807, 2.05) is 22.7 Å². The van der Waals surface area contributed by atoms with Crippen molar-refractivity contribution in [3.63, 3.8) is 0 Å². The van der Waals surface area contributed by atoms with E-state index in [0.717, 1.165) is 48.8 Å². The van der Waals surface area contributed by atoms with Gasteiger partial charge in [-0.3, -0.25) is 4.98 Å². The molecule has 0 aromatic carbocycles. The minimum absolute atomic E-state index is 0.00279. The Balaban J connectivity index is 1.57. The highest BCUT2D eigenvalue weighted by Gasteiger charge is 2.27. The molecule has 3 aromatic rings. The average Bonchev–Trinajstić information content (AvgIpc) is 3.05. The number of halogens is 1. The third kappa shape index (κ3) is 3.14. The Morgan fingerprint density at radius 3 is 2.54 bits per heavy atom. The summed E-state index contributed by atoms with van der Waals surface area (Å²) in [6, 6.07) is 6.03. The summed E-state index contributed by atoms with van der Waals surface area (Å²) in [5.74, 6) is 1.32. The van der Waals surface area contributed by atoms with Crippen LogP contribution in [-0.4, -0.2) is 37.9 Å². The molecule has 136 valence electrons. The van der Waals surface area contributed by atoms with Gasteiger partial charge in [0.05, 0.1) is 16.4 Å². The van der Waals surface area contributed by atoms with Gasteiger partial charge in [0.2, 0.25) is 0 Å². The standard InChI is InChI=1S/C19H23ClN6/c1-19(2,3)16-4-5-17-22-23-18(26(17)24-16)13-7-10-25(11-8-13)15-6-9-21-12-14(15)20/h4-6,9,12-13H,7-8,10-11H2,1-3H3. The normalized spacial score (nSPS) is 16.4. The first-order valence-electron chi connectivity index (χ1n) is 9.01. The highest BCUT2D eigenvalue weighted by molar-refractivity contribution is 6.33. The maximum Gasteiger partial charge on any atom is 0.177 e. The Hall–Kier alpha value is -2.21. The highest BCUT2D eigenvalue weighted by atomic mass is 35.5. The Bertz CT molecular complexity index is 921. The van der Waals surface area contributed by atoms with Gasteiger partial charge in [-0.05, 0) is 31.0 Å². The summed E-state index contributed by atoms with van der Waals surface area (Å²) >= 11 is 6.29. The Morgan fingerprint density at radius 1 is 1.08 bits per heavy atom. The number of hydrogen-bond acceptors (Lipinski definition) is 5. The number of aromatic nitrogens is 5. The maximum atomic E-state index is 6.29. The van der Waals surface area contributed by atoms with Crippen molar-refractivity contribution < 1.29 is 0 Å². The summed E-state index contributed by atoms with van der Waals surface area (Å²) in [6.07, 6.45) is 5.49. The van der Waals surface area contributed by atoms with E-state index in [4.69, 9.17) is 16.7 Å². The molecule has 1 saturated heterocycles. The van der Waals surface area contributed by atoms with E-state index in [1.54, 1.807) is 12.4 Å². The van der Waals surface area contributed by atoms with Gasteiger partial charge in [0, 0.05) is 36.8 Å². The molecule has 1 fully saturated rings.